The van der Waals surface area contributed by atoms with Crippen molar-refractivity contribution in [1.82, 2.24) is 9.78 Å². The quantitative estimate of drug-likeness (QED) is 0.639. The average molecular weight is 390 g/mol. The Kier molecular flexibility index (Phi) is 6.12. The fourth-order valence-electron chi connectivity index (χ4n) is 3.12. The minimum Gasteiger partial charge on any atom is -0.326 e. The Hall–Kier alpha value is -3.41. The van der Waals surface area contributed by atoms with E-state index in [1.807, 2.05) is 62.7 Å². The molecule has 0 aliphatic carbocycles. The van der Waals surface area contributed by atoms with Crippen LogP contribution in [-0.4, -0.2) is 21.6 Å². The Morgan fingerprint density at radius 3 is 2.24 bits per heavy atom. The van der Waals surface area contributed by atoms with Gasteiger partial charge in [-0.1, -0.05) is 32.0 Å². The summed E-state index contributed by atoms with van der Waals surface area (Å²) in [4.78, 5) is 24.6. The molecule has 0 fully saturated rings. The minimum atomic E-state index is -0.219. The van der Waals surface area contributed by atoms with E-state index < -0.39 is 0 Å². The van der Waals surface area contributed by atoms with E-state index in [4.69, 9.17) is 0 Å². The lowest BCUT2D eigenvalue weighted by Gasteiger charge is -2.09. The molecule has 2 aromatic carbocycles. The smallest absolute Gasteiger partial charge is 0.255 e. The molecule has 0 saturated carbocycles. The fourth-order valence-corrected chi connectivity index (χ4v) is 3.12. The molecular weight excluding hydrogens is 364 g/mol. The predicted octanol–water partition coefficient (Wildman–Crippen LogP) is 4.73. The van der Waals surface area contributed by atoms with Gasteiger partial charge in [0.2, 0.25) is 5.91 Å². The van der Waals surface area contributed by atoms with Crippen molar-refractivity contribution in [3.8, 4) is 5.69 Å². The molecule has 0 radical (unpaired) electrons. The number of amides is 2. The second-order valence-corrected chi connectivity index (χ2v) is 7.47. The standard InChI is InChI=1S/C23H26N4O2/c1-15(2)14-21(28)24-19-12-10-18(11-13-19)23(29)25-22-16(3)26-27(17(22)4)20-8-6-5-7-9-20/h5-13,15H,14H2,1-4H3,(H,24,28)(H,25,29). The largest absolute Gasteiger partial charge is 0.326 e. The lowest BCUT2D eigenvalue weighted by atomic mass is 10.1. The number of carbonyl (C=O) groups is 2. The third-order valence-corrected chi connectivity index (χ3v) is 4.56. The van der Waals surface area contributed by atoms with Gasteiger partial charge in [-0.05, 0) is 56.2 Å². The molecule has 0 saturated heterocycles. The van der Waals surface area contributed by atoms with Gasteiger partial charge in [0.15, 0.2) is 0 Å². The molecular formula is C23H26N4O2. The first-order valence-electron chi connectivity index (χ1n) is 9.68. The SMILES string of the molecule is Cc1nn(-c2ccccc2)c(C)c1NC(=O)c1ccc(NC(=O)CC(C)C)cc1. The number of rotatable bonds is 6. The summed E-state index contributed by atoms with van der Waals surface area (Å²) >= 11 is 0. The van der Waals surface area contributed by atoms with E-state index in [9.17, 15) is 9.59 Å². The number of nitrogens with one attached hydrogen (secondary N) is 2. The number of para-hydroxylation sites is 1. The summed E-state index contributed by atoms with van der Waals surface area (Å²) in [5, 5.41) is 10.4. The molecule has 2 N–H and O–H groups in total. The number of aryl methyl sites for hydroxylation is 1. The van der Waals surface area contributed by atoms with E-state index in [0.717, 1.165) is 17.1 Å². The first-order chi connectivity index (χ1) is 13.8. The molecule has 6 nitrogen and oxygen atoms in total. The second kappa shape index (κ2) is 8.73. The van der Waals surface area contributed by atoms with Gasteiger partial charge in [-0.15, -0.1) is 0 Å². The van der Waals surface area contributed by atoms with Gasteiger partial charge in [-0.3, -0.25) is 9.59 Å². The van der Waals surface area contributed by atoms with Crippen molar-refractivity contribution in [3.63, 3.8) is 0 Å². The Bertz CT molecular complexity index is 1010. The minimum absolute atomic E-state index is 0.0308. The molecule has 1 heterocycles. The maximum absolute atomic E-state index is 12.7. The maximum atomic E-state index is 12.7. The number of hydrogen-bond donors (Lipinski definition) is 2. The number of carbonyl (C=O) groups excluding carboxylic acids is 2. The van der Waals surface area contributed by atoms with Crippen LogP contribution in [0.3, 0.4) is 0 Å². The van der Waals surface area contributed by atoms with Crippen LogP contribution < -0.4 is 10.6 Å². The highest BCUT2D eigenvalue weighted by molar-refractivity contribution is 6.05. The molecule has 3 aromatic rings. The first kappa shape index (κ1) is 20.3. The predicted molar refractivity (Wildman–Crippen MR) is 116 cm³/mol. The molecule has 0 aliphatic heterocycles. The number of benzene rings is 2. The van der Waals surface area contributed by atoms with E-state index in [0.29, 0.717) is 29.3 Å². The lowest BCUT2D eigenvalue weighted by molar-refractivity contribution is -0.116. The van der Waals surface area contributed by atoms with E-state index in [1.165, 1.54) is 0 Å². The fraction of sp³-hybridized carbons (Fsp3) is 0.261. The summed E-state index contributed by atoms with van der Waals surface area (Å²) in [5.41, 5.74) is 4.44. The lowest BCUT2D eigenvalue weighted by Crippen LogP contribution is -2.15. The normalized spacial score (nSPS) is 10.8. The number of nitrogens with zero attached hydrogens (tertiary/aromatic N) is 2. The molecule has 0 atom stereocenters. The van der Waals surface area contributed by atoms with Gasteiger partial charge < -0.3 is 10.6 Å². The maximum Gasteiger partial charge on any atom is 0.255 e. The zero-order valence-electron chi connectivity index (χ0n) is 17.2. The molecule has 6 heteroatoms. The molecule has 1 aromatic heterocycles. The third kappa shape index (κ3) is 4.90. The summed E-state index contributed by atoms with van der Waals surface area (Å²) in [6, 6.07) is 16.7. The topological polar surface area (TPSA) is 76.0 Å². The van der Waals surface area contributed by atoms with Crippen LogP contribution in [0.25, 0.3) is 5.69 Å². The molecule has 2 amide bonds. The highest BCUT2D eigenvalue weighted by Gasteiger charge is 2.16. The summed E-state index contributed by atoms with van der Waals surface area (Å²) in [5.74, 6) is 0.0454. The van der Waals surface area contributed by atoms with Crippen molar-refractivity contribution < 1.29 is 9.59 Å². The Morgan fingerprint density at radius 1 is 0.966 bits per heavy atom. The van der Waals surface area contributed by atoms with E-state index in [1.54, 1.807) is 24.3 Å². The van der Waals surface area contributed by atoms with Gasteiger partial charge in [0, 0.05) is 17.7 Å². The van der Waals surface area contributed by atoms with Crippen LogP contribution in [0.5, 0.6) is 0 Å². The van der Waals surface area contributed by atoms with Gasteiger partial charge in [-0.2, -0.15) is 5.10 Å². The molecule has 0 bridgehead atoms. The Balaban J connectivity index is 1.72. The van der Waals surface area contributed by atoms with E-state index in [2.05, 4.69) is 15.7 Å². The van der Waals surface area contributed by atoms with Crippen molar-refractivity contribution in [2.45, 2.75) is 34.1 Å². The zero-order chi connectivity index (χ0) is 21.0. The van der Waals surface area contributed by atoms with Crippen LogP contribution in [0.4, 0.5) is 11.4 Å². The molecule has 29 heavy (non-hydrogen) atoms. The summed E-state index contributed by atoms with van der Waals surface area (Å²) in [7, 11) is 0. The number of anilines is 2. The van der Waals surface area contributed by atoms with Gasteiger partial charge in [0.05, 0.1) is 22.8 Å². The Morgan fingerprint density at radius 2 is 1.62 bits per heavy atom. The van der Waals surface area contributed by atoms with Crippen LogP contribution in [0.2, 0.25) is 0 Å². The van der Waals surface area contributed by atoms with Crippen molar-refractivity contribution in [2.75, 3.05) is 10.6 Å². The monoisotopic (exact) mass is 390 g/mol. The summed E-state index contributed by atoms with van der Waals surface area (Å²) in [6.45, 7) is 7.79. The van der Waals surface area contributed by atoms with E-state index in [-0.39, 0.29) is 11.8 Å². The molecule has 0 aliphatic rings. The van der Waals surface area contributed by atoms with Crippen molar-refractivity contribution in [2.24, 2.45) is 5.92 Å². The number of hydrogen-bond acceptors (Lipinski definition) is 3. The van der Waals surface area contributed by atoms with Gasteiger partial charge in [-0.25, -0.2) is 4.68 Å². The third-order valence-electron chi connectivity index (χ3n) is 4.56. The molecule has 0 spiro atoms. The zero-order valence-corrected chi connectivity index (χ0v) is 17.2. The van der Waals surface area contributed by atoms with E-state index >= 15 is 0 Å². The summed E-state index contributed by atoms with van der Waals surface area (Å²) in [6.07, 6.45) is 0.464. The van der Waals surface area contributed by atoms with Crippen molar-refractivity contribution in [3.05, 3.63) is 71.5 Å². The van der Waals surface area contributed by atoms with Crippen LogP contribution >= 0.6 is 0 Å². The molecule has 3 rings (SSSR count). The highest BCUT2D eigenvalue weighted by atomic mass is 16.2. The van der Waals surface area contributed by atoms with Crippen LogP contribution in [0.15, 0.2) is 54.6 Å². The Labute approximate surface area is 170 Å². The first-order valence-corrected chi connectivity index (χ1v) is 9.68. The molecule has 150 valence electrons. The van der Waals surface area contributed by atoms with Gasteiger partial charge in [0.25, 0.3) is 5.91 Å². The number of aromatic nitrogens is 2. The van der Waals surface area contributed by atoms with Gasteiger partial charge >= 0.3 is 0 Å². The van der Waals surface area contributed by atoms with Gasteiger partial charge in [0.1, 0.15) is 0 Å². The van der Waals surface area contributed by atoms with Crippen LogP contribution in [0.1, 0.15) is 42.0 Å². The second-order valence-electron chi connectivity index (χ2n) is 7.47. The molecule has 0 unspecified atom stereocenters. The van der Waals surface area contributed by atoms with Crippen LogP contribution in [0, 0.1) is 19.8 Å². The average Bonchev–Trinajstić information content (AvgIpc) is 2.96. The highest BCUT2D eigenvalue weighted by Crippen LogP contribution is 2.23. The van der Waals surface area contributed by atoms with Crippen LogP contribution in [-0.2, 0) is 4.79 Å². The van der Waals surface area contributed by atoms with Crippen molar-refractivity contribution >= 4 is 23.2 Å². The van der Waals surface area contributed by atoms with Crippen molar-refractivity contribution in [1.29, 1.82) is 0 Å². The summed E-state index contributed by atoms with van der Waals surface area (Å²) < 4.78 is 1.82.